The molecule has 1 saturated carbocycles. The Balaban J connectivity index is 1.70. The molecule has 1 aliphatic carbocycles. The Bertz CT molecular complexity index is 843. The van der Waals surface area contributed by atoms with Gasteiger partial charge in [-0.1, -0.05) is 0 Å². The van der Waals surface area contributed by atoms with Crippen molar-refractivity contribution in [3.8, 4) is 11.3 Å². The van der Waals surface area contributed by atoms with E-state index in [-0.39, 0.29) is 36.9 Å². The highest BCUT2D eigenvalue weighted by molar-refractivity contribution is 5.75. The van der Waals surface area contributed by atoms with Gasteiger partial charge in [-0.2, -0.15) is 5.10 Å². The zero-order valence-electron chi connectivity index (χ0n) is 14.2. The average molecular weight is 363 g/mol. The van der Waals surface area contributed by atoms with Gasteiger partial charge in [0.05, 0.1) is 5.69 Å². The Labute approximate surface area is 148 Å². The number of carbonyl (C=O) groups is 1. The number of nitrogens with one attached hydrogen (secondary N) is 2. The zero-order valence-corrected chi connectivity index (χ0v) is 14.2. The number of aromatic nitrogens is 3. The topological polar surface area (TPSA) is 88.9 Å². The second-order valence-corrected chi connectivity index (χ2v) is 6.21. The van der Waals surface area contributed by atoms with Crippen molar-refractivity contribution >= 4 is 11.7 Å². The minimum absolute atomic E-state index is 0.163. The van der Waals surface area contributed by atoms with Gasteiger partial charge in [0.15, 0.2) is 0 Å². The van der Waals surface area contributed by atoms with E-state index in [9.17, 15) is 18.4 Å². The molecule has 0 bridgehead atoms. The SMILES string of the molecule is CCNC(=O)Cn1nc(-c2ccc(NC3CC(F)(F)C3)nc2)ccc1=O. The molecule has 0 saturated heterocycles. The van der Waals surface area contributed by atoms with E-state index in [1.165, 1.54) is 6.07 Å². The second-order valence-electron chi connectivity index (χ2n) is 6.21. The van der Waals surface area contributed by atoms with Crippen LogP contribution in [0.4, 0.5) is 14.6 Å². The Hall–Kier alpha value is -2.84. The van der Waals surface area contributed by atoms with E-state index in [1.54, 1.807) is 31.3 Å². The van der Waals surface area contributed by atoms with Crippen LogP contribution in [0.25, 0.3) is 11.3 Å². The maximum absolute atomic E-state index is 12.9. The molecule has 0 radical (unpaired) electrons. The fourth-order valence-corrected chi connectivity index (χ4v) is 2.71. The predicted octanol–water partition coefficient (Wildman–Crippen LogP) is 1.65. The minimum atomic E-state index is -2.58. The van der Waals surface area contributed by atoms with Crippen molar-refractivity contribution in [1.29, 1.82) is 0 Å². The molecule has 138 valence electrons. The summed E-state index contributed by atoms with van der Waals surface area (Å²) in [6.45, 7) is 2.10. The molecule has 2 heterocycles. The summed E-state index contributed by atoms with van der Waals surface area (Å²) < 4.78 is 26.8. The second kappa shape index (κ2) is 7.19. The normalized spacial score (nSPS) is 16.0. The molecule has 2 aromatic rings. The molecule has 0 unspecified atom stereocenters. The maximum Gasteiger partial charge on any atom is 0.267 e. The summed E-state index contributed by atoms with van der Waals surface area (Å²) in [5.41, 5.74) is 0.763. The number of rotatable bonds is 6. The molecule has 0 aliphatic heterocycles. The number of anilines is 1. The summed E-state index contributed by atoms with van der Waals surface area (Å²) >= 11 is 0. The number of carbonyl (C=O) groups excluding carboxylic acids is 1. The Kier molecular flexibility index (Phi) is 4.97. The lowest BCUT2D eigenvalue weighted by molar-refractivity contribution is -0.121. The van der Waals surface area contributed by atoms with E-state index in [0.717, 1.165) is 4.68 Å². The van der Waals surface area contributed by atoms with Gasteiger partial charge in [0.1, 0.15) is 12.4 Å². The van der Waals surface area contributed by atoms with Crippen molar-refractivity contribution < 1.29 is 13.6 Å². The number of hydrogen-bond donors (Lipinski definition) is 2. The summed E-state index contributed by atoms with van der Waals surface area (Å²) in [4.78, 5) is 27.7. The van der Waals surface area contributed by atoms with E-state index in [0.29, 0.717) is 23.6 Å². The highest BCUT2D eigenvalue weighted by Crippen LogP contribution is 2.38. The van der Waals surface area contributed by atoms with Crippen LogP contribution in [0.2, 0.25) is 0 Å². The molecule has 7 nitrogen and oxygen atoms in total. The van der Waals surface area contributed by atoms with Crippen LogP contribution in [0, 0.1) is 0 Å². The standard InChI is InChI=1S/C17H19F2N5O2/c1-2-20-15(25)10-24-16(26)6-4-13(23-24)11-3-5-14(21-9-11)22-12-7-17(18,19)8-12/h3-6,9,12H,2,7-8,10H2,1H3,(H,20,25)(H,21,22). The van der Waals surface area contributed by atoms with Crippen LogP contribution in [0.5, 0.6) is 0 Å². The van der Waals surface area contributed by atoms with Crippen molar-refractivity contribution in [3.05, 3.63) is 40.8 Å². The first-order valence-electron chi connectivity index (χ1n) is 8.32. The van der Waals surface area contributed by atoms with Gasteiger partial charge in [-0.3, -0.25) is 9.59 Å². The Morgan fingerprint density at radius 3 is 2.69 bits per heavy atom. The van der Waals surface area contributed by atoms with E-state index in [2.05, 4.69) is 20.7 Å². The molecule has 1 amide bonds. The lowest BCUT2D eigenvalue weighted by atomic mass is 9.88. The van der Waals surface area contributed by atoms with Gasteiger partial charge >= 0.3 is 0 Å². The van der Waals surface area contributed by atoms with Crippen molar-refractivity contribution in [1.82, 2.24) is 20.1 Å². The van der Waals surface area contributed by atoms with Crippen LogP contribution < -0.4 is 16.2 Å². The molecule has 3 rings (SSSR count). The Morgan fingerprint density at radius 1 is 1.31 bits per heavy atom. The molecule has 0 aromatic carbocycles. The van der Waals surface area contributed by atoms with Crippen LogP contribution in [0.15, 0.2) is 35.3 Å². The van der Waals surface area contributed by atoms with Crippen molar-refractivity contribution in [2.75, 3.05) is 11.9 Å². The van der Waals surface area contributed by atoms with E-state index >= 15 is 0 Å². The molecular weight excluding hydrogens is 344 g/mol. The van der Waals surface area contributed by atoms with Gasteiger partial charge in [-0.05, 0) is 25.1 Å². The third-order valence-electron chi connectivity index (χ3n) is 4.04. The molecule has 0 atom stereocenters. The van der Waals surface area contributed by atoms with Crippen molar-refractivity contribution in [2.45, 2.75) is 38.3 Å². The monoisotopic (exact) mass is 363 g/mol. The highest BCUT2D eigenvalue weighted by atomic mass is 19.3. The molecule has 0 spiro atoms. The number of likely N-dealkylation sites (N-methyl/N-ethyl adjacent to an activating group) is 1. The number of alkyl halides is 2. The quantitative estimate of drug-likeness (QED) is 0.815. The largest absolute Gasteiger partial charge is 0.367 e. The van der Waals surface area contributed by atoms with Gasteiger partial charge in [0, 0.05) is 43.3 Å². The van der Waals surface area contributed by atoms with Gasteiger partial charge in [-0.15, -0.1) is 0 Å². The molecule has 2 N–H and O–H groups in total. The van der Waals surface area contributed by atoms with E-state index < -0.39 is 5.92 Å². The number of halogens is 2. The van der Waals surface area contributed by atoms with Gasteiger partial charge in [0.2, 0.25) is 5.91 Å². The van der Waals surface area contributed by atoms with Gasteiger partial charge in [-0.25, -0.2) is 18.4 Å². The van der Waals surface area contributed by atoms with Crippen LogP contribution in [0.1, 0.15) is 19.8 Å². The predicted molar refractivity (Wildman–Crippen MR) is 92.0 cm³/mol. The van der Waals surface area contributed by atoms with Gasteiger partial charge in [0.25, 0.3) is 11.5 Å². The third kappa shape index (κ3) is 4.22. The highest BCUT2D eigenvalue weighted by Gasteiger charge is 2.45. The fourth-order valence-electron chi connectivity index (χ4n) is 2.71. The summed E-state index contributed by atoms with van der Waals surface area (Å²) in [6.07, 6.45) is 1.16. The number of pyridine rings is 1. The zero-order chi connectivity index (χ0) is 18.7. The van der Waals surface area contributed by atoms with Crippen LogP contribution in [-0.4, -0.2) is 39.2 Å². The van der Waals surface area contributed by atoms with Crippen LogP contribution >= 0.6 is 0 Å². The number of hydrogen-bond acceptors (Lipinski definition) is 5. The lowest BCUT2D eigenvalue weighted by Crippen LogP contribution is -2.44. The average Bonchev–Trinajstić information content (AvgIpc) is 2.56. The molecular formula is C17H19F2N5O2. The number of nitrogens with zero attached hydrogens (tertiary/aromatic N) is 3. The van der Waals surface area contributed by atoms with Crippen molar-refractivity contribution in [3.63, 3.8) is 0 Å². The minimum Gasteiger partial charge on any atom is -0.367 e. The van der Waals surface area contributed by atoms with Crippen molar-refractivity contribution in [2.24, 2.45) is 0 Å². The summed E-state index contributed by atoms with van der Waals surface area (Å²) in [5, 5.41) is 9.75. The molecule has 26 heavy (non-hydrogen) atoms. The first kappa shape index (κ1) is 18.0. The summed E-state index contributed by atoms with van der Waals surface area (Å²) in [5.74, 6) is -2.38. The summed E-state index contributed by atoms with van der Waals surface area (Å²) in [7, 11) is 0. The molecule has 2 aromatic heterocycles. The Morgan fingerprint density at radius 2 is 2.08 bits per heavy atom. The van der Waals surface area contributed by atoms with Crippen LogP contribution in [-0.2, 0) is 11.3 Å². The molecule has 1 fully saturated rings. The fraction of sp³-hybridized carbons (Fsp3) is 0.412. The smallest absolute Gasteiger partial charge is 0.267 e. The first-order valence-corrected chi connectivity index (χ1v) is 8.32. The summed E-state index contributed by atoms with van der Waals surface area (Å²) in [6, 6.07) is 6.01. The number of amides is 1. The first-order chi connectivity index (χ1) is 12.4. The molecule has 1 aliphatic rings. The maximum atomic E-state index is 12.9. The third-order valence-corrected chi connectivity index (χ3v) is 4.04. The lowest BCUT2D eigenvalue weighted by Gasteiger charge is -2.35. The molecule has 9 heteroatoms. The van der Waals surface area contributed by atoms with Crippen LogP contribution in [0.3, 0.4) is 0 Å². The van der Waals surface area contributed by atoms with Gasteiger partial charge < -0.3 is 10.6 Å². The van der Waals surface area contributed by atoms with E-state index in [4.69, 9.17) is 0 Å². The van der Waals surface area contributed by atoms with E-state index in [1.807, 2.05) is 0 Å².